The zero-order valence-corrected chi connectivity index (χ0v) is 11.8. The minimum absolute atomic E-state index is 0.0364. The second-order valence-electron chi connectivity index (χ2n) is 7.09. The molecule has 2 aliphatic rings. The maximum Gasteiger partial charge on any atom is 0.149 e. The Kier molecular flexibility index (Phi) is 2.67. The molecule has 2 saturated carbocycles. The molecule has 1 aromatic rings. The Morgan fingerprint density at radius 3 is 2.32 bits per heavy atom. The van der Waals surface area contributed by atoms with Crippen molar-refractivity contribution in [2.45, 2.75) is 46.1 Å². The summed E-state index contributed by atoms with van der Waals surface area (Å²) in [4.78, 5) is 0. The molecule has 3 atom stereocenters. The van der Waals surface area contributed by atoms with Gasteiger partial charge in [-0.3, -0.25) is 0 Å². The van der Waals surface area contributed by atoms with E-state index < -0.39 is 11.6 Å². The van der Waals surface area contributed by atoms with Gasteiger partial charge in [0.1, 0.15) is 17.3 Å². The second-order valence-corrected chi connectivity index (χ2v) is 7.09. The van der Waals surface area contributed by atoms with Crippen LogP contribution in [-0.2, 0) is 0 Å². The first-order valence-electron chi connectivity index (χ1n) is 7.05. The van der Waals surface area contributed by atoms with Crippen molar-refractivity contribution in [1.82, 2.24) is 0 Å². The van der Waals surface area contributed by atoms with E-state index in [1.54, 1.807) is 0 Å². The van der Waals surface area contributed by atoms with Crippen LogP contribution in [0.2, 0.25) is 0 Å². The molecule has 0 aliphatic heterocycles. The molecule has 0 saturated heterocycles. The number of para-hydroxylation sites is 1. The molecule has 0 aromatic heterocycles. The first kappa shape index (κ1) is 12.9. The molecule has 3 rings (SSSR count). The highest BCUT2D eigenvalue weighted by Crippen LogP contribution is 2.63. The van der Waals surface area contributed by atoms with E-state index in [9.17, 15) is 8.78 Å². The number of fused-ring (bicyclic) bond motifs is 2. The van der Waals surface area contributed by atoms with E-state index in [0.29, 0.717) is 5.92 Å². The van der Waals surface area contributed by atoms with E-state index in [-0.39, 0.29) is 22.6 Å². The molecule has 2 bridgehead atoms. The Morgan fingerprint density at radius 1 is 1.16 bits per heavy atom. The van der Waals surface area contributed by atoms with Crippen LogP contribution in [0.1, 0.15) is 40.0 Å². The summed E-state index contributed by atoms with van der Waals surface area (Å²) in [6.07, 6.45) is 3.55. The van der Waals surface area contributed by atoms with Gasteiger partial charge in [0.15, 0.2) is 0 Å². The fourth-order valence-corrected chi connectivity index (χ4v) is 4.44. The van der Waals surface area contributed by atoms with Crippen molar-refractivity contribution in [3.63, 3.8) is 0 Å². The molecule has 3 heteroatoms. The third kappa shape index (κ3) is 1.78. The van der Waals surface area contributed by atoms with Crippen LogP contribution in [0.3, 0.4) is 0 Å². The van der Waals surface area contributed by atoms with Crippen molar-refractivity contribution in [3.05, 3.63) is 29.8 Å². The number of hydrogen-bond acceptors (Lipinski definition) is 1. The lowest BCUT2D eigenvalue weighted by atomic mass is 9.68. The summed E-state index contributed by atoms with van der Waals surface area (Å²) in [5.41, 5.74) is 0.277. The molecule has 1 unspecified atom stereocenters. The topological polar surface area (TPSA) is 12.0 Å². The van der Waals surface area contributed by atoms with Crippen LogP contribution in [0.15, 0.2) is 18.2 Å². The molecule has 2 aliphatic carbocycles. The lowest BCUT2D eigenvalue weighted by Crippen LogP contribution is -2.46. The van der Waals surface area contributed by atoms with Crippen LogP contribution in [0.4, 0.5) is 14.5 Å². The largest absolute Gasteiger partial charge is 0.376 e. The molecule has 104 valence electrons. The molecule has 1 aromatic carbocycles. The van der Waals surface area contributed by atoms with Gasteiger partial charge in [-0.1, -0.05) is 26.8 Å². The van der Waals surface area contributed by atoms with Crippen LogP contribution < -0.4 is 5.32 Å². The van der Waals surface area contributed by atoms with Gasteiger partial charge in [0, 0.05) is 6.04 Å². The quantitative estimate of drug-likeness (QED) is 0.824. The fourth-order valence-electron chi connectivity index (χ4n) is 4.44. The Labute approximate surface area is 113 Å². The van der Waals surface area contributed by atoms with Crippen LogP contribution in [0, 0.1) is 28.4 Å². The summed E-state index contributed by atoms with van der Waals surface area (Å²) in [5, 5.41) is 3.19. The fraction of sp³-hybridized carbons (Fsp3) is 0.625. The smallest absolute Gasteiger partial charge is 0.149 e. The number of rotatable bonds is 2. The molecule has 19 heavy (non-hydrogen) atoms. The lowest BCUT2D eigenvalue weighted by molar-refractivity contribution is 0.155. The zero-order valence-electron chi connectivity index (χ0n) is 11.8. The Bertz CT molecular complexity index is 486. The highest BCUT2D eigenvalue weighted by atomic mass is 19.1. The molecule has 1 nitrogen and oxygen atoms in total. The van der Waals surface area contributed by atoms with Gasteiger partial charge in [-0.25, -0.2) is 8.78 Å². The van der Waals surface area contributed by atoms with Crippen molar-refractivity contribution in [2.75, 3.05) is 5.32 Å². The van der Waals surface area contributed by atoms with Crippen LogP contribution >= 0.6 is 0 Å². The van der Waals surface area contributed by atoms with E-state index in [1.807, 2.05) is 0 Å². The van der Waals surface area contributed by atoms with Crippen molar-refractivity contribution < 1.29 is 8.78 Å². The van der Waals surface area contributed by atoms with E-state index in [0.717, 1.165) is 12.8 Å². The summed E-state index contributed by atoms with van der Waals surface area (Å²) in [6.45, 7) is 6.69. The van der Waals surface area contributed by atoms with Crippen LogP contribution in [-0.4, -0.2) is 6.04 Å². The standard InChI is InChI=1S/C16H21F2N/c1-15(2)10-7-8-16(3,9-10)14(15)19-13-11(17)5-4-6-12(13)18/h4-6,10,14,19H,7-9H2,1-3H3/t10-,14?,16+/m0/s1. The molecule has 0 radical (unpaired) electrons. The zero-order chi connectivity index (χ0) is 13.8. The van der Waals surface area contributed by atoms with Crippen molar-refractivity contribution in [1.29, 1.82) is 0 Å². The molecular weight excluding hydrogens is 244 g/mol. The lowest BCUT2D eigenvalue weighted by Gasteiger charge is -2.43. The highest BCUT2D eigenvalue weighted by molar-refractivity contribution is 5.48. The van der Waals surface area contributed by atoms with Gasteiger partial charge in [0.05, 0.1) is 0 Å². The molecule has 0 heterocycles. The maximum atomic E-state index is 13.8. The number of anilines is 1. The summed E-state index contributed by atoms with van der Waals surface area (Å²) < 4.78 is 27.6. The predicted octanol–water partition coefficient (Wildman–Crippen LogP) is 4.59. The minimum Gasteiger partial charge on any atom is -0.376 e. The van der Waals surface area contributed by atoms with Gasteiger partial charge in [-0.05, 0) is 48.1 Å². The summed E-state index contributed by atoms with van der Waals surface area (Å²) in [6, 6.07) is 4.16. The molecule has 0 spiro atoms. The van der Waals surface area contributed by atoms with Crippen molar-refractivity contribution in [2.24, 2.45) is 16.7 Å². The van der Waals surface area contributed by atoms with Crippen molar-refractivity contribution >= 4 is 5.69 Å². The number of nitrogens with one attached hydrogen (secondary N) is 1. The van der Waals surface area contributed by atoms with Gasteiger partial charge in [-0.2, -0.15) is 0 Å². The van der Waals surface area contributed by atoms with E-state index >= 15 is 0 Å². The third-order valence-corrected chi connectivity index (χ3v) is 5.52. The normalized spacial score (nSPS) is 35.6. The van der Waals surface area contributed by atoms with Gasteiger partial charge in [-0.15, -0.1) is 0 Å². The third-order valence-electron chi connectivity index (χ3n) is 5.52. The number of hydrogen-bond donors (Lipinski definition) is 1. The van der Waals surface area contributed by atoms with E-state index in [1.165, 1.54) is 24.6 Å². The van der Waals surface area contributed by atoms with Gasteiger partial charge < -0.3 is 5.32 Å². The van der Waals surface area contributed by atoms with Gasteiger partial charge in [0.25, 0.3) is 0 Å². The summed E-state index contributed by atoms with van der Waals surface area (Å²) in [7, 11) is 0. The number of halogens is 2. The SMILES string of the molecule is CC1(C)C(Nc2c(F)cccc2F)[C@]2(C)CC[C@H]1C2. The first-order valence-corrected chi connectivity index (χ1v) is 7.05. The average Bonchev–Trinajstić information content (AvgIpc) is 2.78. The molecular formula is C16H21F2N. The Balaban J connectivity index is 1.95. The summed E-state index contributed by atoms with van der Waals surface area (Å²) in [5.74, 6) is -0.339. The molecule has 2 fully saturated rings. The van der Waals surface area contributed by atoms with E-state index in [2.05, 4.69) is 26.1 Å². The maximum absolute atomic E-state index is 13.8. The monoisotopic (exact) mass is 265 g/mol. The first-order chi connectivity index (χ1) is 8.84. The van der Waals surface area contributed by atoms with Gasteiger partial charge >= 0.3 is 0 Å². The Morgan fingerprint density at radius 2 is 1.79 bits per heavy atom. The summed E-state index contributed by atoms with van der Waals surface area (Å²) >= 11 is 0. The van der Waals surface area contributed by atoms with Crippen molar-refractivity contribution in [3.8, 4) is 0 Å². The second kappa shape index (κ2) is 3.94. The van der Waals surface area contributed by atoms with Crippen LogP contribution in [0.25, 0.3) is 0 Å². The molecule has 0 amide bonds. The van der Waals surface area contributed by atoms with Crippen LogP contribution in [0.5, 0.6) is 0 Å². The Hall–Kier alpha value is -1.12. The average molecular weight is 265 g/mol. The highest BCUT2D eigenvalue weighted by Gasteiger charge is 2.59. The minimum atomic E-state index is -0.498. The molecule has 1 N–H and O–H groups in total. The number of benzene rings is 1. The van der Waals surface area contributed by atoms with E-state index in [4.69, 9.17) is 0 Å². The predicted molar refractivity (Wildman–Crippen MR) is 73.0 cm³/mol. The van der Waals surface area contributed by atoms with Gasteiger partial charge in [0.2, 0.25) is 0 Å².